The lowest BCUT2D eigenvalue weighted by atomic mass is 10.3. The van der Waals surface area contributed by atoms with Gasteiger partial charge in [-0.1, -0.05) is 30.3 Å². The third-order valence-corrected chi connectivity index (χ3v) is 5.42. The summed E-state index contributed by atoms with van der Waals surface area (Å²) in [6, 6.07) is 14.8. The summed E-state index contributed by atoms with van der Waals surface area (Å²) in [5.74, 6) is -0.760. The zero-order valence-corrected chi connectivity index (χ0v) is 13.8. The molecule has 2 aromatic carbocycles. The molecule has 0 fully saturated rings. The van der Waals surface area contributed by atoms with Crippen LogP contribution in [0.4, 0.5) is 4.39 Å². The highest BCUT2D eigenvalue weighted by molar-refractivity contribution is 7.89. The Labute approximate surface area is 140 Å². The summed E-state index contributed by atoms with van der Waals surface area (Å²) >= 11 is 0. The lowest BCUT2D eigenvalue weighted by Crippen LogP contribution is -2.27. The number of benzene rings is 2. The second-order valence-electron chi connectivity index (χ2n) is 5.32. The van der Waals surface area contributed by atoms with E-state index in [1.807, 2.05) is 30.3 Å². The Hall–Kier alpha value is -2.51. The van der Waals surface area contributed by atoms with E-state index in [9.17, 15) is 12.8 Å². The normalized spacial score (nSPS) is 11.8. The Morgan fingerprint density at radius 3 is 2.46 bits per heavy atom. The van der Waals surface area contributed by atoms with Gasteiger partial charge >= 0.3 is 0 Å². The molecular weight excluding hydrogens is 329 g/mol. The first kappa shape index (κ1) is 16.4. The van der Waals surface area contributed by atoms with E-state index in [0.717, 1.165) is 16.1 Å². The van der Waals surface area contributed by atoms with E-state index in [1.54, 1.807) is 17.1 Å². The van der Waals surface area contributed by atoms with Gasteiger partial charge in [0.15, 0.2) is 0 Å². The Bertz CT molecular complexity index is 939. The van der Waals surface area contributed by atoms with Gasteiger partial charge < -0.3 is 0 Å². The van der Waals surface area contributed by atoms with Crippen molar-refractivity contribution in [1.29, 1.82) is 0 Å². The number of para-hydroxylation sites is 1. The number of rotatable bonds is 5. The van der Waals surface area contributed by atoms with Crippen LogP contribution in [0.5, 0.6) is 0 Å². The molecule has 3 aromatic rings. The van der Waals surface area contributed by atoms with Gasteiger partial charge in [0.25, 0.3) is 0 Å². The van der Waals surface area contributed by atoms with Crippen molar-refractivity contribution in [3.05, 3.63) is 78.4 Å². The molecule has 3 rings (SSSR count). The summed E-state index contributed by atoms with van der Waals surface area (Å²) in [6.45, 7) is 0.101. The minimum atomic E-state index is -3.90. The van der Waals surface area contributed by atoms with E-state index in [2.05, 4.69) is 5.10 Å². The predicted octanol–water partition coefficient (Wildman–Crippen LogP) is 2.83. The van der Waals surface area contributed by atoms with Gasteiger partial charge in [0.2, 0.25) is 10.0 Å². The first-order valence-electron chi connectivity index (χ1n) is 7.28. The average Bonchev–Trinajstić information content (AvgIpc) is 3.04. The van der Waals surface area contributed by atoms with Gasteiger partial charge in [-0.15, -0.1) is 0 Å². The molecule has 124 valence electrons. The van der Waals surface area contributed by atoms with Gasteiger partial charge in [0.05, 0.1) is 11.9 Å². The van der Waals surface area contributed by atoms with E-state index >= 15 is 0 Å². The number of halogens is 1. The Morgan fingerprint density at radius 1 is 1.08 bits per heavy atom. The van der Waals surface area contributed by atoms with Crippen molar-refractivity contribution < 1.29 is 12.8 Å². The third kappa shape index (κ3) is 3.22. The molecule has 0 spiro atoms. The summed E-state index contributed by atoms with van der Waals surface area (Å²) in [5, 5.41) is 4.23. The van der Waals surface area contributed by atoms with Crippen molar-refractivity contribution >= 4 is 10.0 Å². The molecule has 0 aliphatic carbocycles. The van der Waals surface area contributed by atoms with E-state index < -0.39 is 15.8 Å². The minimum absolute atomic E-state index is 0.101. The van der Waals surface area contributed by atoms with Crippen LogP contribution < -0.4 is 0 Å². The topological polar surface area (TPSA) is 55.2 Å². The van der Waals surface area contributed by atoms with Crippen LogP contribution in [-0.4, -0.2) is 29.6 Å². The van der Waals surface area contributed by atoms with Gasteiger partial charge in [-0.25, -0.2) is 17.5 Å². The summed E-state index contributed by atoms with van der Waals surface area (Å²) in [5.41, 5.74) is 1.59. The smallest absolute Gasteiger partial charge is 0.241 e. The molecule has 0 bridgehead atoms. The number of nitrogens with zero attached hydrogens (tertiary/aromatic N) is 3. The third-order valence-electron chi connectivity index (χ3n) is 3.59. The van der Waals surface area contributed by atoms with E-state index in [4.69, 9.17) is 0 Å². The first-order chi connectivity index (χ1) is 11.5. The zero-order chi connectivity index (χ0) is 17.2. The number of hydrogen-bond donors (Lipinski definition) is 0. The highest BCUT2D eigenvalue weighted by Crippen LogP contribution is 2.19. The largest absolute Gasteiger partial charge is 0.246 e. The second kappa shape index (κ2) is 6.54. The molecule has 5 nitrogen and oxygen atoms in total. The fraction of sp³-hybridized carbons (Fsp3) is 0.118. The SMILES string of the molecule is CN(Cc1cnn(-c2ccccc2)c1)S(=O)(=O)c1ccccc1F. The van der Waals surface area contributed by atoms with Crippen molar-refractivity contribution in [2.45, 2.75) is 11.4 Å². The predicted molar refractivity (Wildman–Crippen MR) is 88.6 cm³/mol. The lowest BCUT2D eigenvalue weighted by Gasteiger charge is -2.16. The number of aromatic nitrogens is 2. The van der Waals surface area contributed by atoms with Crippen LogP contribution in [0.25, 0.3) is 5.69 Å². The molecule has 0 radical (unpaired) electrons. The van der Waals surface area contributed by atoms with Crippen molar-refractivity contribution in [1.82, 2.24) is 14.1 Å². The fourth-order valence-electron chi connectivity index (χ4n) is 2.33. The summed E-state index contributed by atoms with van der Waals surface area (Å²) in [6.07, 6.45) is 3.35. The van der Waals surface area contributed by atoms with E-state index in [-0.39, 0.29) is 11.4 Å². The standard InChI is InChI=1S/C17H16FN3O2S/c1-20(24(22,23)17-10-6-5-9-16(17)18)12-14-11-19-21(13-14)15-7-3-2-4-8-15/h2-11,13H,12H2,1H3. The van der Waals surface area contributed by atoms with Crippen molar-refractivity contribution in [3.63, 3.8) is 0 Å². The van der Waals surface area contributed by atoms with E-state index in [1.165, 1.54) is 25.2 Å². The first-order valence-corrected chi connectivity index (χ1v) is 8.72. The lowest BCUT2D eigenvalue weighted by molar-refractivity contribution is 0.460. The molecule has 0 aliphatic heterocycles. The summed E-state index contributed by atoms with van der Waals surface area (Å²) in [4.78, 5) is -0.331. The average molecular weight is 345 g/mol. The molecule has 24 heavy (non-hydrogen) atoms. The maximum atomic E-state index is 13.8. The van der Waals surface area contributed by atoms with Crippen molar-refractivity contribution in [3.8, 4) is 5.69 Å². The molecule has 0 N–H and O–H groups in total. The maximum Gasteiger partial charge on any atom is 0.246 e. The Morgan fingerprint density at radius 2 is 1.75 bits per heavy atom. The van der Waals surface area contributed by atoms with Crippen molar-refractivity contribution in [2.24, 2.45) is 0 Å². The van der Waals surface area contributed by atoms with Crippen LogP contribution in [0.15, 0.2) is 71.9 Å². The van der Waals surface area contributed by atoms with Crippen molar-refractivity contribution in [2.75, 3.05) is 7.05 Å². The Kier molecular flexibility index (Phi) is 4.46. The van der Waals surface area contributed by atoms with Crippen LogP contribution in [0.2, 0.25) is 0 Å². The molecule has 1 aromatic heterocycles. The van der Waals surface area contributed by atoms with Crippen LogP contribution in [0, 0.1) is 5.82 Å². The monoisotopic (exact) mass is 345 g/mol. The van der Waals surface area contributed by atoms with Gasteiger partial charge in [-0.3, -0.25) is 0 Å². The minimum Gasteiger partial charge on any atom is -0.241 e. The van der Waals surface area contributed by atoms with Crippen LogP contribution in [-0.2, 0) is 16.6 Å². The molecule has 0 saturated carbocycles. The highest BCUT2D eigenvalue weighted by Gasteiger charge is 2.24. The molecule has 0 atom stereocenters. The summed E-state index contributed by atoms with van der Waals surface area (Å²) < 4.78 is 41.5. The molecule has 0 amide bonds. The van der Waals surface area contributed by atoms with Crippen LogP contribution in [0.1, 0.15) is 5.56 Å². The van der Waals surface area contributed by atoms with Crippen LogP contribution in [0.3, 0.4) is 0 Å². The fourth-order valence-corrected chi connectivity index (χ4v) is 3.55. The molecule has 1 heterocycles. The van der Waals surface area contributed by atoms with Gasteiger partial charge in [-0.2, -0.15) is 9.40 Å². The number of sulfonamides is 1. The highest BCUT2D eigenvalue weighted by atomic mass is 32.2. The molecular formula is C17H16FN3O2S. The number of hydrogen-bond acceptors (Lipinski definition) is 3. The summed E-state index contributed by atoms with van der Waals surface area (Å²) in [7, 11) is -2.48. The van der Waals surface area contributed by atoms with Gasteiger partial charge in [-0.05, 0) is 24.3 Å². The van der Waals surface area contributed by atoms with Crippen LogP contribution >= 0.6 is 0 Å². The zero-order valence-electron chi connectivity index (χ0n) is 13.0. The van der Waals surface area contributed by atoms with E-state index in [0.29, 0.717) is 5.56 Å². The molecule has 0 aliphatic rings. The molecule has 0 unspecified atom stereocenters. The second-order valence-corrected chi connectivity index (χ2v) is 7.33. The van der Waals surface area contributed by atoms with Gasteiger partial charge in [0.1, 0.15) is 10.7 Å². The van der Waals surface area contributed by atoms with Gasteiger partial charge in [0, 0.05) is 25.4 Å². The quantitative estimate of drug-likeness (QED) is 0.714. The molecule has 0 saturated heterocycles. The molecule has 7 heteroatoms. The maximum absolute atomic E-state index is 13.8. The Balaban J connectivity index is 1.82.